The molecule has 0 aliphatic heterocycles. The molecular formula is C14H18N4O. The number of anilines is 2. The van der Waals surface area contributed by atoms with E-state index in [4.69, 9.17) is 10.5 Å². The summed E-state index contributed by atoms with van der Waals surface area (Å²) in [7, 11) is 1.54. The fraction of sp³-hybridized carbons (Fsp3) is 0.286. The number of rotatable bonds is 5. The summed E-state index contributed by atoms with van der Waals surface area (Å²) in [6.07, 6.45) is 1.44. The Bertz CT molecular complexity index is 530. The first-order chi connectivity index (χ1) is 9.22. The second-order valence-electron chi connectivity index (χ2n) is 4.34. The molecule has 2 aromatic rings. The number of aromatic nitrogens is 2. The number of nitrogens with zero attached hydrogens (tertiary/aromatic N) is 2. The summed E-state index contributed by atoms with van der Waals surface area (Å²) in [4.78, 5) is 8.07. The largest absolute Gasteiger partial charge is 0.479 e. The van der Waals surface area contributed by atoms with Gasteiger partial charge >= 0.3 is 0 Å². The Morgan fingerprint density at radius 3 is 2.68 bits per heavy atom. The van der Waals surface area contributed by atoms with Crippen LogP contribution in [0, 0.1) is 0 Å². The van der Waals surface area contributed by atoms with Crippen LogP contribution in [-0.2, 0) is 0 Å². The first-order valence-corrected chi connectivity index (χ1v) is 6.15. The third-order valence-corrected chi connectivity index (χ3v) is 2.99. The lowest BCUT2D eigenvalue weighted by Gasteiger charge is -2.15. The summed E-state index contributed by atoms with van der Waals surface area (Å²) >= 11 is 0. The van der Waals surface area contributed by atoms with E-state index in [0.717, 1.165) is 6.54 Å². The van der Waals surface area contributed by atoms with E-state index in [1.165, 1.54) is 19.0 Å². The van der Waals surface area contributed by atoms with Crippen molar-refractivity contribution in [2.24, 2.45) is 0 Å². The van der Waals surface area contributed by atoms with Gasteiger partial charge < -0.3 is 15.8 Å². The molecule has 0 saturated heterocycles. The molecule has 1 atom stereocenters. The van der Waals surface area contributed by atoms with Crippen molar-refractivity contribution >= 4 is 11.5 Å². The van der Waals surface area contributed by atoms with E-state index in [2.05, 4.69) is 34.3 Å². The third-order valence-electron chi connectivity index (χ3n) is 2.99. The fourth-order valence-corrected chi connectivity index (χ4v) is 1.83. The Morgan fingerprint density at radius 1 is 1.26 bits per heavy atom. The predicted octanol–water partition coefficient (Wildman–Crippen LogP) is 2.28. The summed E-state index contributed by atoms with van der Waals surface area (Å²) in [6.45, 7) is 2.89. The Balaban J connectivity index is 2.03. The van der Waals surface area contributed by atoms with Crippen LogP contribution in [0.3, 0.4) is 0 Å². The summed E-state index contributed by atoms with van der Waals surface area (Å²) in [5.41, 5.74) is 7.61. The average Bonchev–Trinajstić information content (AvgIpc) is 2.47. The molecule has 5 nitrogen and oxygen atoms in total. The van der Waals surface area contributed by atoms with Gasteiger partial charge in [-0.15, -0.1) is 0 Å². The van der Waals surface area contributed by atoms with Gasteiger partial charge in [-0.2, -0.15) is 4.98 Å². The van der Waals surface area contributed by atoms with Gasteiger partial charge in [-0.05, 0) is 11.5 Å². The highest BCUT2D eigenvalue weighted by molar-refractivity contribution is 5.66. The molecule has 0 bridgehead atoms. The molecule has 1 heterocycles. The Labute approximate surface area is 112 Å². The first kappa shape index (κ1) is 13.1. The van der Waals surface area contributed by atoms with Gasteiger partial charge in [0.05, 0.1) is 7.11 Å². The molecule has 3 N–H and O–H groups in total. The molecule has 1 aromatic carbocycles. The lowest BCUT2D eigenvalue weighted by Crippen LogP contribution is -2.13. The van der Waals surface area contributed by atoms with Crippen molar-refractivity contribution < 1.29 is 4.74 Å². The zero-order chi connectivity index (χ0) is 13.7. The Morgan fingerprint density at radius 2 is 2.00 bits per heavy atom. The van der Waals surface area contributed by atoms with Gasteiger partial charge in [0.25, 0.3) is 0 Å². The van der Waals surface area contributed by atoms with Crippen LogP contribution in [-0.4, -0.2) is 23.6 Å². The van der Waals surface area contributed by atoms with Crippen molar-refractivity contribution in [1.29, 1.82) is 0 Å². The highest BCUT2D eigenvalue weighted by Crippen LogP contribution is 2.25. The zero-order valence-corrected chi connectivity index (χ0v) is 11.1. The van der Waals surface area contributed by atoms with Crippen LogP contribution in [0.1, 0.15) is 18.4 Å². The maximum Gasteiger partial charge on any atom is 0.242 e. The van der Waals surface area contributed by atoms with Crippen molar-refractivity contribution in [3.63, 3.8) is 0 Å². The predicted molar refractivity (Wildman–Crippen MR) is 76.3 cm³/mol. The maximum absolute atomic E-state index is 5.91. The molecule has 0 aliphatic carbocycles. The van der Waals surface area contributed by atoms with Gasteiger partial charge in [-0.1, -0.05) is 37.3 Å². The molecule has 0 aliphatic rings. The highest BCUT2D eigenvalue weighted by Gasteiger charge is 2.10. The molecule has 0 saturated carbocycles. The number of nitrogens with two attached hydrogens (primary N) is 1. The molecule has 19 heavy (non-hydrogen) atoms. The second-order valence-corrected chi connectivity index (χ2v) is 4.34. The standard InChI is InChI=1S/C14H18N4O/c1-10(11-6-4-3-5-7-11)8-16-13-12(15)14(19-2)18-9-17-13/h3-7,9-10H,8,15H2,1-2H3,(H,16,17,18). The van der Waals surface area contributed by atoms with E-state index >= 15 is 0 Å². The van der Waals surface area contributed by atoms with Crippen molar-refractivity contribution in [3.05, 3.63) is 42.2 Å². The first-order valence-electron chi connectivity index (χ1n) is 6.15. The average molecular weight is 258 g/mol. The highest BCUT2D eigenvalue weighted by atomic mass is 16.5. The fourth-order valence-electron chi connectivity index (χ4n) is 1.83. The van der Waals surface area contributed by atoms with E-state index in [1.807, 2.05) is 18.2 Å². The lowest BCUT2D eigenvalue weighted by molar-refractivity contribution is 0.399. The number of hydrogen-bond acceptors (Lipinski definition) is 5. The molecular weight excluding hydrogens is 240 g/mol. The number of hydrogen-bond donors (Lipinski definition) is 2. The van der Waals surface area contributed by atoms with E-state index in [1.54, 1.807) is 0 Å². The van der Waals surface area contributed by atoms with Gasteiger partial charge in [-0.3, -0.25) is 0 Å². The molecule has 1 aromatic heterocycles. The SMILES string of the molecule is COc1ncnc(NCC(C)c2ccccc2)c1N. The summed E-state index contributed by atoms with van der Waals surface area (Å²) in [5.74, 6) is 1.36. The lowest BCUT2D eigenvalue weighted by atomic mass is 10.0. The topological polar surface area (TPSA) is 73.1 Å². The minimum atomic E-state index is 0.363. The zero-order valence-electron chi connectivity index (χ0n) is 11.1. The quantitative estimate of drug-likeness (QED) is 0.860. The normalized spacial score (nSPS) is 11.9. The van der Waals surface area contributed by atoms with Gasteiger partial charge in [0.1, 0.15) is 12.0 Å². The third kappa shape index (κ3) is 3.13. The Hall–Kier alpha value is -2.30. The van der Waals surface area contributed by atoms with Crippen molar-refractivity contribution in [3.8, 4) is 5.88 Å². The smallest absolute Gasteiger partial charge is 0.242 e. The molecule has 0 spiro atoms. The van der Waals surface area contributed by atoms with E-state index in [9.17, 15) is 0 Å². The maximum atomic E-state index is 5.91. The van der Waals surface area contributed by atoms with Gasteiger partial charge in [0.15, 0.2) is 5.82 Å². The minimum absolute atomic E-state index is 0.363. The second kappa shape index (κ2) is 6.04. The van der Waals surface area contributed by atoms with Gasteiger partial charge in [-0.25, -0.2) is 4.98 Å². The van der Waals surface area contributed by atoms with Crippen LogP contribution < -0.4 is 15.8 Å². The Kier molecular flexibility index (Phi) is 4.18. The van der Waals surface area contributed by atoms with Crippen LogP contribution in [0.25, 0.3) is 0 Å². The molecule has 2 rings (SSSR count). The van der Waals surface area contributed by atoms with Crippen LogP contribution in [0.2, 0.25) is 0 Å². The van der Waals surface area contributed by atoms with E-state index in [-0.39, 0.29) is 0 Å². The van der Waals surface area contributed by atoms with E-state index in [0.29, 0.717) is 23.3 Å². The van der Waals surface area contributed by atoms with E-state index < -0.39 is 0 Å². The van der Waals surface area contributed by atoms with Crippen molar-refractivity contribution in [2.75, 3.05) is 24.7 Å². The molecule has 1 unspecified atom stereocenters. The number of methoxy groups -OCH3 is 1. The van der Waals surface area contributed by atoms with Crippen LogP contribution in [0.4, 0.5) is 11.5 Å². The molecule has 0 amide bonds. The van der Waals surface area contributed by atoms with Crippen LogP contribution in [0.5, 0.6) is 5.88 Å². The molecule has 0 radical (unpaired) electrons. The number of nitrogen functional groups attached to an aromatic ring is 1. The number of benzene rings is 1. The van der Waals surface area contributed by atoms with Crippen LogP contribution in [0.15, 0.2) is 36.7 Å². The van der Waals surface area contributed by atoms with Crippen LogP contribution >= 0.6 is 0 Å². The monoisotopic (exact) mass is 258 g/mol. The van der Waals surface area contributed by atoms with Gasteiger partial charge in [0.2, 0.25) is 5.88 Å². The molecule has 100 valence electrons. The summed E-state index contributed by atoms with van der Waals surface area (Å²) < 4.78 is 5.06. The molecule has 0 fully saturated rings. The van der Waals surface area contributed by atoms with Gasteiger partial charge in [0, 0.05) is 6.54 Å². The van der Waals surface area contributed by atoms with Crippen molar-refractivity contribution in [1.82, 2.24) is 9.97 Å². The summed E-state index contributed by atoms with van der Waals surface area (Å²) in [6, 6.07) is 10.3. The number of ether oxygens (including phenoxy) is 1. The minimum Gasteiger partial charge on any atom is -0.479 e. The summed E-state index contributed by atoms with van der Waals surface area (Å²) in [5, 5.41) is 3.23. The number of nitrogens with one attached hydrogen (secondary N) is 1. The molecule has 5 heteroatoms. The van der Waals surface area contributed by atoms with Crippen molar-refractivity contribution in [2.45, 2.75) is 12.8 Å².